The first kappa shape index (κ1) is 18.0. The van der Waals surface area contributed by atoms with Gasteiger partial charge in [0.15, 0.2) is 0 Å². The highest BCUT2D eigenvalue weighted by molar-refractivity contribution is 5.80. The predicted molar refractivity (Wildman–Crippen MR) is 85.0 cm³/mol. The van der Waals surface area contributed by atoms with Gasteiger partial charge in [-0.25, -0.2) is 9.59 Å². The molecule has 5 nitrogen and oxygen atoms in total. The number of rotatable bonds is 5. The van der Waals surface area contributed by atoms with Crippen molar-refractivity contribution in [3.63, 3.8) is 0 Å². The minimum atomic E-state index is -1.08. The summed E-state index contributed by atoms with van der Waals surface area (Å²) in [5, 5.41) is 11.7. The molecule has 1 aromatic carbocycles. The van der Waals surface area contributed by atoms with Gasteiger partial charge < -0.3 is 15.2 Å². The lowest BCUT2D eigenvalue weighted by Gasteiger charge is -2.22. The van der Waals surface area contributed by atoms with Crippen LogP contribution in [0.1, 0.15) is 51.7 Å². The van der Waals surface area contributed by atoms with Gasteiger partial charge in [0.25, 0.3) is 0 Å². The maximum Gasteiger partial charge on any atom is 0.408 e. The lowest BCUT2D eigenvalue weighted by Crippen LogP contribution is -2.44. The molecular formula is C17H25NO4. The van der Waals surface area contributed by atoms with E-state index in [4.69, 9.17) is 4.74 Å². The third kappa shape index (κ3) is 6.16. The molecule has 0 heterocycles. The Balaban J connectivity index is 2.72. The third-order valence-electron chi connectivity index (χ3n) is 3.08. The van der Waals surface area contributed by atoms with Crippen molar-refractivity contribution in [2.45, 2.75) is 58.6 Å². The van der Waals surface area contributed by atoms with E-state index in [0.29, 0.717) is 5.92 Å². The van der Waals surface area contributed by atoms with Crippen LogP contribution < -0.4 is 5.32 Å². The minimum absolute atomic E-state index is 0.215. The molecule has 5 heteroatoms. The van der Waals surface area contributed by atoms with Gasteiger partial charge in [0.05, 0.1) is 0 Å². The van der Waals surface area contributed by atoms with Crippen LogP contribution in [-0.2, 0) is 16.0 Å². The highest BCUT2D eigenvalue weighted by Gasteiger charge is 2.24. The van der Waals surface area contributed by atoms with Crippen LogP contribution >= 0.6 is 0 Å². The average molecular weight is 307 g/mol. The summed E-state index contributed by atoms with van der Waals surface area (Å²) in [6.45, 7) is 9.38. The lowest BCUT2D eigenvalue weighted by atomic mass is 9.99. The van der Waals surface area contributed by atoms with Crippen LogP contribution in [0, 0.1) is 0 Å². The van der Waals surface area contributed by atoms with E-state index in [9.17, 15) is 14.7 Å². The summed E-state index contributed by atoms with van der Waals surface area (Å²) in [5.41, 5.74) is 1.38. The Morgan fingerprint density at radius 3 is 2.14 bits per heavy atom. The Bertz CT molecular complexity index is 514. The topological polar surface area (TPSA) is 75.6 Å². The van der Waals surface area contributed by atoms with E-state index in [2.05, 4.69) is 19.2 Å². The molecule has 1 rings (SSSR count). The van der Waals surface area contributed by atoms with Gasteiger partial charge in [0, 0.05) is 6.42 Å². The molecule has 122 valence electrons. The lowest BCUT2D eigenvalue weighted by molar-refractivity contribution is -0.139. The van der Waals surface area contributed by atoms with E-state index < -0.39 is 23.7 Å². The van der Waals surface area contributed by atoms with Crippen molar-refractivity contribution in [3.05, 3.63) is 35.4 Å². The largest absolute Gasteiger partial charge is 0.480 e. The number of carboxylic acid groups (broad SMARTS) is 1. The van der Waals surface area contributed by atoms with Crippen molar-refractivity contribution in [3.8, 4) is 0 Å². The summed E-state index contributed by atoms with van der Waals surface area (Å²) in [7, 11) is 0. The number of carbonyl (C=O) groups is 2. The SMILES string of the molecule is CC(C)c1ccc(C[C@@H](NC(=O)OC(C)(C)C)C(=O)O)cc1. The third-order valence-corrected chi connectivity index (χ3v) is 3.08. The van der Waals surface area contributed by atoms with Crippen molar-refractivity contribution >= 4 is 12.1 Å². The van der Waals surface area contributed by atoms with Crippen molar-refractivity contribution in [2.24, 2.45) is 0 Å². The number of alkyl carbamates (subject to hydrolysis) is 1. The molecule has 1 atom stereocenters. The van der Waals surface area contributed by atoms with Crippen molar-refractivity contribution in [1.29, 1.82) is 0 Å². The number of amides is 1. The molecule has 0 aliphatic carbocycles. The summed E-state index contributed by atoms with van der Waals surface area (Å²) in [4.78, 5) is 23.0. The molecule has 1 amide bonds. The molecule has 0 bridgehead atoms. The number of carboxylic acids is 1. The summed E-state index contributed by atoms with van der Waals surface area (Å²) in [6.07, 6.45) is -0.508. The zero-order valence-electron chi connectivity index (χ0n) is 13.8. The minimum Gasteiger partial charge on any atom is -0.480 e. The standard InChI is InChI=1S/C17H25NO4/c1-11(2)13-8-6-12(7-9-13)10-14(15(19)20)18-16(21)22-17(3,4)5/h6-9,11,14H,10H2,1-5H3,(H,18,21)(H,19,20)/t14-/m1/s1. The van der Waals surface area contributed by atoms with Gasteiger partial charge in [-0.15, -0.1) is 0 Å². The van der Waals surface area contributed by atoms with Gasteiger partial charge in [0.2, 0.25) is 0 Å². The Hall–Kier alpha value is -2.04. The van der Waals surface area contributed by atoms with Crippen LogP contribution in [0.3, 0.4) is 0 Å². The zero-order chi connectivity index (χ0) is 16.9. The summed E-state index contributed by atoms with van der Waals surface area (Å²) >= 11 is 0. The number of hydrogen-bond acceptors (Lipinski definition) is 3. The molecule has 0 aliphatic rings. The van der Waals surface area contributed by atoms with E-state index in [1.807, 2.05) is 24.3 Å². The van der Waals surface area contributed by atoms with E-state index in [0.717, 1.165) is 5.56 Å². The fourth-order valence-corrected chi connectivity index (χ4v) is 1.92. The molecule has 0 radical (unpaired) electrons. The smallest absolute Gasteiger partial charge is 0.408 e. The second-order valence-electron chi connectivity index (χ2n) is 6.64. The molecule has 1 aromatic rings. The van der Waals surface area contributed by atoms with Gasteiger partial charge in [0.1, 0.15) is 11.6 Å². The highest BCUT2D eigenvalue weighted by Crippen LogP contribution is 2.16. The van der Waals surface area contributed by atoms with Gasteiger partial charge in [-0.1, -0.05) is 38.1 Å². The molecule has 0 saturated heterocycles. The first-order valence-corrected chi connectivity index (χ1v) is 7.39. The molecule has 0 aromatic heterocycles. The summed E-state index contributed by atoms with van der Waals surface area (Å²) in [5.74, 6) is -0.664. The van der Waals surface area contributed by atoms with Gasteiger partial charge >= 0.3 is 12.1 Å². The normalized spacial score (nSPS) is 12.8. The van der Waals surface area contributed by atoms with E-state index in [1.54, 1.807) is 20.8 Å². The van der Waals surface area contributed by atoms with Crippen molar-refractivity contribution in [1.82, 2.24) is 5.32 Å². The van der Waals surface area contributed by atoms with Gasteiger partial charge in [-0.2, -0.15) is 0 Å². The summed E-state index contributed by atoms with van der Waals surface area (Å²) < 4.78 is 5.09. The predicted octanol–water partition coefficient (Wildman–Crippen LogP) is 3.33. The highest BCUT2D eigenvalue weighted by atomic mass is 16.6. The molecule has 2 N–H and O–H groups in total. The van der Waals surface area contributed by atoms with Crippen LogP contribution in [0.2, 0.25) is 0 Å². The van der Waals surface area contributed by atoms with E-state index in [-0.39, 0.29) is 6.42 Å². The first-order chi connectivity index (χ1) is 10.1. The van der Waals surface area contributed by atoms with Crippen molar-refractivity contribution in [2.75, 3.05) is 0 Å². The quantitative estimate of drug-likeness (QED) is 0.875. The number of aliphatic carboxylic acids is 1. The number of nitrogens with one attached hydrogen (secondary N) is 1. The summed E-state index contributed by atoms with van der Waals surface area (Å²) in [6, 6.07) is 6.72. The molecule has 0 spiro atoms. The maximum absolute atomic E-state index is 11.7. The van der Waals surface area contributed by atoms with E-state index >= 15 is 0 Å². The molecule has 0 aliphatic heterocycles. The van der Waals surface area contributed by atoms with E-state index in [1.165, 1.54) is 5.56 Å². The Morgan fingerprint density at radius 2 is 1.73 bits per heavy atom. The Kier molecular flexibility index (Phi) is 5.97. The first-order valence-electron chi connectivity index (χ1n) is 7.39. The average Bonchev–Trinajstić information content (AvgIpc) is 2.36. The maximum atomic E-state index is 11.7. The van der Waals surface area contributed by atoms with Crippen LogP contribution in [0.5, 0.6) is 0 Å². The van der Waals surface area contributed by atoms with Crippen LogP contribution in [0.4, 0.5) is 4.79 Å². The van der Waals surface area contributed by atoms with Crippen LogP contribution in [0.25, 0.3) is 0 Å². The molecule has 0 saturated carbocycles. The van der Waals surface area contributed by atoms with Crippen LogP contribution in [-0.4, -0.2) is 28.8 Å². The zero-order valence-corrected chi connectivity index (χ0v) is 13.8. The molecule has 22 heavy (non-hydrogen) atoms. The molecule has 0 unspecified atom stereocenters. The number of ether oxygens (including phenoxy) is 1. The van der Waals surface area contributed by atoms with Crippen LogP contribution in [0.15, 0.2) is 24.3 Å². The monoisotopic (exact) mass is 307 g/mol. The fraction of sp³-hybridized carbons (Fsp3) is 0.529. The Morgan fingerprint density at radius 1 is 1.18 bits per heavy atom. The van der Waals surface area contributed by atoms with Gasteiger partial charge in [-0.05, 0) is 37.8 Å². The van der Waals surface area contributed by atoms with Crippen molar-refractivity contribution < 1.29 is 19.4 Å². The second-order valence-corrected chi connectivity index (χ2v) is 6.64. The van der Waals surface area contributed by atoms with Gasteiger partial charge in [-0.3, -0.25) is 0 Å². The number of benzene rings is 1. The molecular weight excluding hydrogens is 282 g/mol. The fourth-order valence-electron chi connectivity index (χ4n) is 1.92. The Labute approximate surface area is 131 Å². The molecule has 0 fully saturated rings. The second kappa shape index (κ2) is 7.29. The number of hydrogen-bond donors (Lipinski definition) is 2. The number of carbonyl (C=O) groups excluding carboxylic acids is 1.